The van der Waals surface area contributed by atoms with Crippen molar-refractivity contribution >= 4 is 0 Å². The summed E-state index contributed by atoms with van der Waals surface area (Å²) in [5.41, 5.74) is 6.56. The van der Waals surface area contributed by atoms with Crippen molar-refractivity contribution in [3.8, 4) is 0 Å². The van der Waals surface area contributed by atoms with Crippen LogP contribution >= 0.6 is 0 Å². The molecule has 0 aromatic heterocycles. The molecule has 2 aliphatic carbocycles. The zero-order chi connectivity index (χ0) is 12.8. The van der Waals surface area contributed by atoms with Crippen LogP contribution in [0.5, 0.6) is 0 Å². The monoisotopic (exact) mass is 262 g/mol. The molecule has 3 aliphatic heterocycles. The summed E-state index contributed by atoms with van der Waals surface area (Å²) in [6, 6.07) is 1.44. The molecule has 0 spiro atoms. The molecule has 4 atom stereocenters. The van der Waals surface area contributed by atoms with Gasteiger partial charge < -0.3 is 5.73 Å². The molecule has 2 saturated carbocycles. The van der Waals surface area contributed by atoms with Crippen molar-refractivity contribution in [3.63, 3.8) is 0 Å². The molecule has 2 bridgehead atoms. The lowest BCUT2D eigenvalue weighted by atomic mass is 9.73. The molecule has 5 rings (SSSR count). The SMILES string of the molecule is NC(CC1CCC2C3CCN(CC3)C12)C1CCCC1. The number of fused-ring (bicyclic) bond motifs is 2. The maximum atomic E-state index is 6.56. The molecular formula is C17H30N2. The zero-order valence-electron chi connectivity index (χ0n) is 12.3. The van der Waals surface area contributed by atoms with Gasteiger partial charge in [-0.2, -0.15) is 0 Å². The Morgan fingerprint density at radius 1 is 0.947 bits per heavy atom. The molecule has 2 nitrogen and oxygen atoms in total. The van der Waals surface area contributed by atoms with Gasteiger partial charge >= 0.3 is 0 Å². The van der Waals surface area contributed by atoms with E-state index in [1.165, 1.54) is 70.9 Å². The van der Waals surface area contributed by atoms with Gasteiger partial charge in [-0.05, 0) is 81.7 Å². The zero-order valence-corrected chi connectivity index (χ0v) is 12.3. The number of nitrogens with zero attached hydrogens (tertiary/aromatic N) is 1. The first-order chi connectivity index (χ1) is 9.33. The molecule has 0 aromatic rings. The maximum Gasteiger partial charge on any atom is 0.0155 e. The van der Waals surface area contributed by atoms with Crippen LogP contribution in [0.2, 0.25) is 0 Å². The molecule has 0 radical (unpaired) electrons. The van der Waals surface area contributed by atoms with Gasteiger partial charge in [-0.1, -0.05) is 12.8 Å². The Morgan fingerprint density at radius 2 is 1.68 bits per heavy atom. The summed E-state index contributed by atoms with van der Waals surface area (Å²) in [7, 11) is 0. The predicted octanol–water partition coefficient (Wildman–Crippen LogP) is 3.01. The minimum Gasteiger partial charge on any atom is -0.327 e. The largest absolute Gasteiger partial charge is 0.327 e. The van der Waals surface area contributed by atoms with E-state index in [1.54, 1.807) is 0 Å². The highest BCUT2D eigenvalue weighted by molar-refractivity contribution is 5.02. The van der Waals surface area contributed by atoms with Crippen molar-refractivity contribution < 1.29 is 0 Å². The predicted molar refractivity (Wildman–Crippen MR) is 78.8 cm³/mol. The second-order valence-corrected chi connectivity index (χ2v) is 7.81. The lowest BCUT2D eigenvalue weighted by Gasteiger charge is -2.50. The Kier molecular flexibility index (Phi) is 3.35. The first-order valence-corrected chi connectivity index (χ1v) is 8.82. The van der Waals surface area contributed by atoms with Gasteiger partial charge in [0, 0.05) is 12.1 Å². The Morgan fingerprint density at radius 3 is 2.42 bits per heavy atom. The molecule has 3 heterocycles. The first kappa shape index (κ1) is 12.6. The summed E-state index contributed by atoms with van der Waals surface area (Å²) in [5.74, 6) is 3.91. The summed E-state index contributed by atoms with van der Waals surface area (Å²) in [6.07, 6.45) is 13.0. The van der Waals surface area contributed by atoms with E-state index in [1.807, 2.05) is 0 Å². The van der Waals surface area contributed by atoms with Crippen LogP contribution in [0.15, 0.2) is 0 Å². The van der Waals surface area contributed by atoms with Gasteiger partial charge in [0.25, 0.3) is 0 Å². The summed E-state index contributed by atoms with van der Waals surface area (Å²) in [5, 5.41) is 0. The van der Waals surface area contributed by atoms with Crippen molar-refractivity contribution in [3.05, 3.63) is 0 Å². The Balaban J connectivity index is 1.42. The number of hydrogen-bond acceptors (Lipinski definition) is 2. The van der Waals surface area contributed by atoms with E-state index in [2.05, 4.69) is 4.90 Å². The lowest BCUT2D eigenvalue weighted by Crippen LogP contribution is -2.55. The van der Waals surface area contributed by atoms with E-state index in [9.17, 15) is 0 Å². The number of hydrogen-bond donors (Lipinski definition) is 1. The minimum absolute atomic E-state index is 0.507. The normalized spacial score (nSPS) is 47.5. The fourth-order valence-electron chi connectivity index (χ4n) is 6.01. The van der Waals surface area contributed by atoms with Crippen molar-refractivity contribution in [2.45, 2.75) is 69.9 Å². The fraction of sp³-hybridized carbons (Fsp3) is 1.00. The third kappa shape index (κ3) is 2.15. The molecule has 0 aromatic carbocycles. The van der Waals surface area contributed by atoms with E-state index >= 15 is 0 Å². The van der Waals surface area contributed by atoms with Crippen molar-refractivity contribution in [2.75, 3.05) is 13.1 Å². The maximum absolute atomic E-state index is 6.56. The molecular weight excluding hydrogens is 232 g/mol. The quantitative estimate of drug-likeness (QED) is 0.847. The van der Waals surface area contributed by atoms with Gasteiger partial charge in [0.15, 0.2) is 0 Å². The molecule has 5 fully saturated rings. The van der Waals surface area contributed by atoms with Gasteiger partial charge in [-0.25, -0.2) is 0 Å². The highest BCUT2D eigenvalue weighted by Gasteiger charge is 2.49. The van der Waals surface area contributed by atoms with Crippen molar-refractivity contribution in [1.29, 1.82) is 0 Å². The summed E-state index contributed by atoms with van der Waals surface area (Å²) in [6.45, 7) is 2.78. The van der Waals surface area contributed by atoms with Crippen LogP contribution in [0.25, 0.3) is 0 Å². The highest BCUT2D eigenvalue weighted by Crippen LogP contribution is 2.49. The third-order valence-corrected chi connectivity index (χ3v) is 6.97. The third-order valence-electron chi connectivity index (χ3n) is 6.97. The van der Waals surface area contributed by atoms with E-state index in [4.69, 9.17) is 5.73 Å². The molecule has 5 aliphatic rings. The van der Waals surface area contributed by atoms with Gasteiger partial charge in [-0.3, -0.25) is 4.90 Å². The second kappa shape index (κ2) is 5.04. The summed E-state index contributed by atoms with van der Waals surface area (Å²) >= 11 is 0. The number of piperidine rings is 3. The van der Waals surface area contributed by atoms with Crippen LogP contribution < -0.4 is 5.73 Å². The Labute approximate surface area is 118 Å². The molecule has 2 N–H and O–H groups in total. The first-order valence-electron chi connectivity index (χ1n) is 8.82. The van der Waals surface area contributed by atoms with Gasteiger partial charge in [0.1, 0.15) is 0 Å². The minimum atomic E-state index is 0.507. The van der Waals surface area contributed by atoms with Crippen LogP contribution in [0, 0.1) is 23.7 Å². The number of rotatable bonds is 3. The van der Waals surface area contributed by atoms with Crippen LogP contribution in [-0.4, -0.2) is 30.1 Å². The van der Waals surface area contributed by atoms with Crippen molar-refractivity contribution in [1.82, 2.24) is 4.90 Å². The topological polar surface area (TPSA) is 29.3 Å². The van der Waals surface area contributed by atoms with E-state index in [0.29, 0.717) is 6.04 Å². The van der Waals surface area contributed by atoms with E-state index < -0.39 is 0 Å². The van der Waals surface area contributed by atoms with Crippen LogP contribution in [0.3, 0.4) is 0 Å². The standard InChI is InChI=1S/C17H30N2/c18-16(13-3-1-2-4-13)11-14-5-6-15-12-7-9-19(10-8-12)17(14)15/h12-17H,1-11,18H2. The smallest absolute Gasteiger partial charge is 0.0155 e. The molecule has 0 amide bonds. The highest BCUT2D eigenvalue weighted by atomic mass is 15.2. The average Bonchev–Trinajstić information content (AvgIpc) is 3.10. The molecule has 108 valence electrons. The summed E-state index contributed by atoms with van der Waals surface area (Å²) in [4.78, 5) is 2.84. The lowest BCUT2D eigenvalue weighted by molar-refractivity contribution is -0.0127. The molecule has 3 saturated heterocycles. The van der Waals surface area contributed by atoms with Crippen LogP contribution in [-0.2, 0) is 0 Å². The van der Waals surface area contributed by atoms with Gasteiger partial charge in [0.2, 0.25) is 0 Å². The Bertz CT molecular complexity index is 315. The van der Waals surface area contributed by atoms with E-state index in [-0.39, 0.29) is 0 Å². The molecule has 4 unspecified atom stereocenters. The van der Waals surface area contributed by atoms with Crippen LogP contribution in [0.1, 0.15) is 57.8 Å². The fourth-order valence-corrected chi connectivity index (χ4v) is 6.01. The average molecular weight is 262 g/mol. The van der Waals surface area contributed by atoms with Gasteiger partial charge in [-0.15, -0.1) is 0 Å². The summed E-state index contributed by atoms with van der Waals surface area (Å²) < 4.78 is 0. The molecule has 2 heteroatoms. The van der Waals surface area contributed by atoms with Gasteiger partial charge in [0.05, 0.1) is 0 Å². The van der Waals surface area contributed by atoms with Crippen molar-refractivity contribution in [2.24, 2.45) is 29.4 Å². The second-order valence-electron chi connectivity index (χ2n) is 7.81. The Hall–Kier alpha value is -0.0800. The van der Waals surface area contributed by atoms with Crippen LogP contribution in [0.4, 0.5) is 0 Å². The van der Waals surface area contributed by atoms with E-state index in [0.717, 1.165) is 29.7 Å². The number of nitrogens with two attached hydrogens (primary N) is 1. The molecule has 19 heavy (non-hydrogen) atoms.